The second kappa shape index (κ2) is 8.70. The number of carbonyl (C=O) groups is 1. The Morgan fingerprint density at radius 2 is 1.85 bits per heavy atom. The molecule has 0 radical (unpaired) electrons. The lowest BCUT2D eigenvalue weighted by atomic mass is 10.0. The van der Waals surface area contributed by atoms with Crippen LogP contribution in [0.1, 0.15) is 64.3 Å². The van der Waals surface area contributed by atoms with Crippen LogP contribution in [-0.2, 0) is 6.54 Å². The van der Waals surface area contributed by atoms with E-state index in [2.05, 4.69) is 45.7 Å². The first-order valence-electron chi connectivity index (χ1n) is 11.6. The fourth-order valence-electron chi connectivity index (χ4n) is 4.88. The quantitative estimate of drug-likeness (QED) is 0.448. The van der Waals surface area contributed by atoms with Gasteiger partial charge in [-0.15, -0.1) is 0 Å². The molecule has 5 rings (SSSR count). The van der Waals surface area contributed by atoms with Gasteiger partial charge < -0.3 is 11.1 Å². The van der Waals surface area contributed by atoms with Crippen LogP contribution >= 0.6 is 0 Å². The number of nitrogen functional groups attached to an aromatic ring is 1. The maximum absolute atomic E-state index is 12.7. The number of aryl methyl sites for hydroxylation is 2. The normalized spacial score (nSPS) is 14.1. The molecule has 168 valence electrons. The molecule has 3 N–H and O–H groups in total. The van der Waals surface area contributed by atoms with Crippen molar-refractivity contribution in [1.29, 1.82) is 0 Å². The number of amides is 1. The number of benzene rings is 2. The van der Waals surface area contributed by atoms with E-state index in [9.17, 15) is 4.79 Å². The van der Waals surface area contributed by atoms with Gasteiger partial charge in [-0.1, -0.05) is 54.8 Å². The van der Waals surface area contributed by atoms with Crippen molar-refractivity contribution < 1.29 is 4.79 Å². The zero-order valence-electron chi connectivity index (χ0n) is 19.1. The molecule has 2 aromatic carbocycles. The van der Waals surface area contributed by atoms with Crippen LogP contribution in [0, 0.1) is 13.8 Å². The summed E-state index contributed by atoms with van der Waals surface area (Å²) >= 11 is 0. The van der Waals surface area contributed by atoms with Crippen molar-refractivity contribution in [2.75, 3.05) is 5.73 Å². The van der Waals surface area contributed by atoms with Crippen LogP contribution in [-0.4, -0.2) is 20.5 Å². The van der Waals surface area contributed by atoms with E-state index >= 15 is 0 Å². The molecule has 1 aliphatic carbocycles. The standard InChI is InChI=1S/C27H29N5O/c1-17-7-8-18(2)22(13-17)27(33)29-15-19-9-11-20(12-10-19)23-14-24(21-5-3-4-6-21)32-25(23)26(28)30-16-31-32/h7-14,16,21H,3-6,15H2,1-2H3,(H,29,33)(H2,28,30,31). The van der Waals surface area contributed by atoms with E-state index in [1.165, 1.54) is 37.7 Å². The molecule has 1 aliphatic rings. The van der Waals surface area contributed by atoms with Crippen molar-refractivity contribution in [1.82, 2.24) is 19.9 Å². The minimum atomic E-state index is -0.0511. The number of carbonyl (C=O) groups excluding carboxylic acids is 1. The molecule has 2 heterocycles. The van der Waals surface area contributed by atoms with E-state index in [0.717, 1.165) is 38.9 Å². The second-order valence-electron chi connectivity index (χ2n) is 9.07. The second-order valence-corrected chi connectivity index (χ2v) is 9.07. The summed E-state index contributed by atoms with van der Waals surface area (Å²) in [5.41, 5.74) is 14.3. The molecule has 0 bridgehead atoms. The number of nitrogens with zero attached hydrogens (tertiary/aromatic N) is 3. The fourth-order valence-corrected chi connectivity index (χ4v) is 4.88. The lowest BCUT2D eigenvalue weighted by Crippen LogP contribution is -2.23. The zero-order valence-corrected chi connectivity index (χ0v) is 19.1. The van der Waals surface area contributed by atoms with E-state index < -0.39 is 0 Å². The number of nitrogens with two attached hydrogens (primary N) is 1. The van der Waals surface area contributed by atoms with Crippen molar-refractivity contribution >= 4 is 17.2 Å². The van der Waals surface area contributed by atoms with E-state index in [1.54, 1.807) is 0 Å². The predicted molar refractivity (Wildman–Crippen MR) is 131 cm³/mol. The molecule has 1 saturated carbocycles. The molecular weight excluding hydrogens is 410 g/mol. The van der Waals surface area contributed by atoms with Gasteiger partial charge in [0.2, 0.25) is 0 Å². The Kier molecular flexibility index (Phi) is 5.58. The molecule has 0 atom stereocenters. The maximum Gasteiger partial charge on any atom is 0.251 e. The SMILES string of the molecule is Cc1ccc(C)c(C(=O)NCc2ccc(-c3cc(C4CCCC4)n4ncnc(N)c34)cc2)c1. The fraction of sp³-hybridized carbons (Fsp3) is 0.296. The third kappa shape index (κ3) is 4.09. The molecule has 33 heavy (non-hydrogen) atoms. The number of hydrogen-bond acceptors (Lipinski definition) is 4. The third-order valence-corrected chi connectivity index (χ3v) is 6.74. The molecule has 1 fully saturated rings. The molecule has 6 nitrogen and oxygen atoms in total. The van der Waals surface area contributed by atoms with Crippen LogP contribution in [0.2, 0.25) is 0 Å². The highest BCUT2D eigenvalue weighted by atomic mass is 16.1. The van der Waals surface area contributed by atoms with Crippen molar-refractivity contribution in [2.45, 2.75) is 52.0 Å². The van der Waals surface area contributed by atoms with Gasteiger partial charge >= 0.3 is 0 Å². The zero-order chi connectivity index (χ0) is 22.9. The van der Waals surface area contributed by atoms with Gasteiger partial charge in [0.1, 0.15) is 11.8 Å². The summed E-state index contributed by atoms with van der Waals surface area (Å²) < 4.78 is 1.98. The average Bonchev–Trinajstić information content (AvgIpc) is 3.48. The Balaban J connectivity index is 1.39. The van der Waals surface area contributed by atoms with Gasteiger partial charge in [0.25, 0.3) is 5.91 Å². The lowest BCUT2D eigenvalue weighted by molar-refractivity contribution is 0.0950. The van der Waals surface area contributed by atoms with Gasteiger partial charge in [-0.3, -0.25) is 4.79 Å². The number of fused-ring (bicyclic) bond motifs is 1. The Labute approximate surface area is 193 Å². The van der Waals surface area contributed by atoms with Gasteiger partial charge in [0.15, 0.2) is 5.82 Å². The summed E-state index contributed by atoms with van der Waals surface area (Å²) in [6.45, 7) is 4.43. The highest BCUT2D eigenvalue weighted by Crippen LogP contribution is 2.39. The summed E-state index contributed by atoms with van der Waals surface area (Å²) in [5, 5.41) is 7.56. The summed E-state index contributed by atoms with van der Waals surface area (Å²) in [4.78, 5) is 16.9. The van der Waals surface area contributed by atoms with Crippen molar-refractivity contribution in [3.05, 3.63) is 82.8 Å². The predicted octanol–water partition coefficient (Wildman–Crippen LogP) is 5.18. The molecule has 2 aromatic heterocycles. The number of aromatic nitrogens is 3. The molecule has 0 unspecified atom stereocenters. The molecule has 4 aromatic rings. The number of hydrogen-bond donors (Lipinski definition) is 2. The lowest BCUT2D eigenvalue weighted by Gasteiger charge is -2.09. The van der Waals surface area contributed by atoms with Gasteiger partial charge in [0.05, 0.1) is 0 Å². The van der Waals surface area contributed by atoms with E-state index in [1.807, 2.05) is 36.6 Å². The van der Waals surface area contributed by atoms with Crippen LogP contribution in [0.3, 0.4) is 0 Å². The highest BCUT2D eigenvalue weighted by Gasteiger charge is 2.24. The molecule has 0 spiro atoms. The number of rotatable bonds is 5. The van der Waals surface area contributed by atoms with Gasteiger partial charge in [-0.2, -0.15) is 5.10 Å². The Morgan fingerprint density at radius 3 is 2.61 bits per heavy atom. The summed E-state index contributed by atoms with van der Waals surface area (Å²) in [5.74, 6) is 0.957. The van der Waals surface area contributed by atoms with Crippen LogP contribution in [0.4, 0.5) is 5.82 Å². The first-order chi connectivity index (χ1) is 16.0. The summed E-state index contributed by atoms with van der Waals surface area (Å²) in [6, 6.07) is 16.4. The molecule has 1 amide bonds. The van der Waals surface area contributed by atoms with Crippen LogP contribution < -0.4 is 11.1 Å². The van der Waals surface area contributed by atoms with Crippen LogP contribution in [0.5, 0.6) is 0 Å². The van der Waals surface area contributed by atoms with Crippen LogP contribution in [0.25, 0.3) is 16.6 Å². The molecule has 0 saturated heterocycles. The highest BCUT2D eigenvalue weighted by molar-refractivity contribution is 5.95. The summed E-state index contributed by atoms with van der Waals surface area (Å²) in [6.07, 6.45) is 6.43. The molecule has 0 aliphatic heterocycles. The first-order valence-corrected chi connectivity index (χ1v) is 11.6. The van der Waals surface area contributed by atoms with Gasteiger partial charge in [-0.05, 0) is 55.5 Å². The minimum Gasteiger partial charge on any atom is -0.382 e. The van der Waals surface area contributed by atoms with Gasteiger partial charge in [0, 0.05) is 29.3 Å². The van der Waals surface area contributed by atoms with E-state index in [4.69, 9.17) is 5.73 Å². The van der Waals surface area contributed by atoms with Gasteiger partial charge in [-0.25, -0.2) is 9.50 Å². The topological polar surface area (TPSA) is 85.3 Å². The number of anilines is 1. The van der Waals surface area contributed by atoms with E-state index in [0.29, 0.717) is 18.3 Å². The molecular formula is C27H29N5O. The van der Waals surface area contributed by atoms with E-state index in [-0.39, 0.29) is 5.91 Å². The average molecular weight is 440 g/mol. The Morgan fingerprint density at radius 1 is 1.09 bits per heavy atom. The van der Waals surface area contributed by atoms with Crippen molar-refractivity contribution in [2.24, 2.45) is 0 Å². The van der Waals surface area contributed by atoms with Crippen LogP contribution in [0.15, 0.2) is 54.9 Å². The smallest absolute Gasteiger partial charge is 0.251 e. The largest absolute Gasteiger partial charge is 0.382 e. The Hall–Kier alpha value is -3.67. The Bertz CT molecular complexity index is 1320. The van der Waals surface area contributed by atoms with Crippen molar-refractivity contribution in [3.8, 4) is 11.1 Å². The summed E-state index contributed by atoms with van der Waals surface area (Å²) in [7, 11) is 0. The third-order valence-electron chi connectivity index (χ3n) is 6.74. The first kappa shape index (κ1) is 21.2. The van der Waals surface area contributed by atoms with Crippen molar-refractivity contribution in [3.63, 3.8) is 0 Å². The molecule has 6 heteroatoms. The minimum absolute atomic E-state index is 0.0511. The number of nitrogens with one attached hydrogen (secondary N) is 1. The maximum atomic E-state index is 12.7. The monoisotopic (exact) mass is 439 g/mol.